The van der Waals surface area contributed by atoms with E-state index >= 15 is 0 Å². The Morgan fingerprint density at radius 2 is 1.02 bits per heavy atom. The van der Waals surface area contributed by atoms with Gasteiger partial charge in [-0.25, -0.2) is 14.8 Å². The summed E-state index contributed by atoms with van der Waals surface area (Å²) >= 11 is 3.20. The average molecular weight is 1150 g/mol. The van der Waals surface area contributed by atoms with Gasteiger partial charge in [0, 0.05) is 93.1 Å². The fourth-order valence-electron chi connectivity index (χ4n) is 11.3. The van der Waals surface area contributed by atoms with Crippen molar-refractivity contribution in [2.75, 3.05) is 63.0 Å². The smallest absolute Gasteiger partial charge is 0.352 e. The fourth-order valence-corrected chi connectivity index (χ4v) is 13.0. The van der Waals surface area contributed by atoms with Gasteiger partial charge in [0.1, 0.15) is 21.4 Å². The van der Waals surface area contributed by atoms with Crippen LogP contribution in [-0.4, -0.2) is 111 Å². The lowest BCUT2D eigenvalue weighted by molar-refractivity contribution is -0.111. The first-order valence-corrected chi connectivity index (χ1v) is 30.8. The van der Waals surface area contributed by atoms with E-state index in [9.17, 15) is 24.3 Å². The van der Waals surface area contributed by atoms with Crippen LogP contribution in [0.2, 0.25) is 0 Å². The number of likely N-dealkylation sites (N-methyl/N-ethyl adjacent to an activating group) is 2. The zero-order valence-electron chi connectivity index (χ0n) is 47.6. The summed E-state index contributed by atoms with van der Waals surface area (Å²) in [5.74, 6) is -1.35. The fraction of sp³-hybridized carbons (Fsp3) is 0.303. The second-order valence-corrected chi connectivity index (χ2v) is 22.6. The molecular formula is C66H72N10O5S2. The number of nitrogens with two attached hydrogens (primary N) is 1. The Balaban J connectivity index is 0.000000166. The number of thiazole rings is 2. The number of H-pyrrole nitrogens is 2. The van der Waals surface area contributed by atoms with E-state index in [1.54, 1.807) is 28.7 Å². The van der Waals surface area contributed by atoms with Gasteiger partial charge in [-0.3, -0.25) is 14.4 Å². The highest BCUT2D eigenvalue weighted by Gasteiger charge is 2.31. The van der Waals surface area contributed by atoms with Crippen LogP contribution in [0.5, 0.6) is 0 Å². The molecule has 3 amide bonds. The molecule has 0 bridgehead atoms. The Kier molecular flexibility index (Phi) is 18.8. The summed E-state index contributed by atoms with van der Waals surface area (Å²) in [6.07, 6.45) is 11.2. The van der Waals surface area contributed by atoms with E-state index in [1.165, 1.54) is 0 Å². The summed E-state index contributed by atoms with van der Waals surface area (Å²) in [5.41, 5.74) is 22.0. The highest BCUT2D eigenvalue weighted by atomic mass is 32.1. The van der Waals surface area contributed by atoms with Crippen molar-refractivity contribution >= 4 is 81.0 Å². The van der Waals surface area contributed by atoms with Gasteiger partial charge in [0.15, 0.2) is 0 Å². The molecule has 428 valence electrons. The number of hydrogen-bond donors (Lipinski definition) is 7. The molecule has 4 aliphatic rings. The van der Waals surface area contributed by atoms with Crippen molar-refractivity contribution in [3.05, 3.63) is 164 Å². The van der Waals surface area contributed by atoms with Gasteiger partial charge < -0.3 is 46.6 Å². The maximum absolute atomic E-state index is 13.2. The maximum Gasteiger partial charge on any atom is 0.352 e. The molecule has 17 heteroatoms. The zero-order chi connectivity index (χ0) is 58.0. The normalized spacial score (nSPS) is 15.0. The van der Waals surface area contributed by atoms with Crippen LogP contribution in [0.25, 0.3) is 67.0 Å². The van der Waals surface area contributed by atoms with Crippen molar-refractivity contribution < 1.29 is 24.3 Å². The van der Waals surface area contributed by atoms with Crippen LogP contribution < -0.4 is 21.7 Å². The van der Waals surface area contributed by atoms with Gasteiger partial charge in [0.2, 0.25) is 0 Å². The molecule has 8 aromatic rings. The number of aromatic carboxylic acids is 1. The third kappa shape index (κ3) is 13.1. The topological polar surface area (TPSA) is 214 Å². The minimum Gasteiger partial charge on any atom is -0.477 e. The van der Waals surface area contributed by atoms with Crippen LogP contribution in [0.15, 0.2) is 108 Å². The molecule has 4 aromatic heterocycles. The average Bonchev–Trinajstić information content (AvgIpc) is 4.08. The first-order chi connectivity index (χ1) is 40.5. The lowest BCUT2D eigenvalue weighted by atomic mass is 9.91. The van der Waals surface area contributed by atoms with E-state index in [1.807, 2.05) is 96.4 Å². The zero-order valence-corrected chi connectivity index (χ0v) is 49.3. The van der Waals surface area contributed by atoms with Gasteiger partial charge in [-0.05, 0) is 136 Å². The summed E-state index contributed by atoms with van der Waals surface area (Å²) in [6.45, 7) is 16.0. The number of rotatable bonds is 17. The maximum atomic E-state index is 13.2. The molecule has 15 nitrogen and oxygen atoms in total. The molecule has 2 aliphatic heterocycles. The number of benzene rings is 4. The van der Waals surface area contributed by atoms with E-state index < -0.39 is 5.97 Å². The van der Waals surface area contributed by atoms with Crippen molar-refractivity contribution in [3.63, 3.8) is 0 Å². The third-order valence-corrected chi connectivity index (χ3v) is 17.7. The van der Waals surface area contributed by atoms with E-state index in [-0.39, 0.29) is 23.4 Å². The second kappa shape index (κ2) is 26.9. The molecular weight excluding hydrogens is 1080 g/mol. The SMILES string of the molecule is CCN(CC)CCN.CCN(CC)CCNC(=O)c1[nH]c(/C=C2\C(=O)Nc3ccc(-c4csc(-c5ccccc5)n4)cc32)c2c1CCCC2.O=C1Nc2ccc(-c3csc(-c4ccccc4)n3)cc2/C1=C/c1[nH]c(C(=O)O)c2c1CCCC2. The van der Waals surface area contributed by atoms with Crippen molar-refractivity contribution in [1.82, 2.24) is 35.1 Å². The van der Waals surface area contributed by atoms with Crippen LogP contribution in [0.1, 0.15) is 119 Å². The van der Waals surface area contributed by atoms with Gasteiger partial charge >= 0.3 is 5.97 Å². The summed E-state index contributed by atoms with van der Waals surface area (Å²) in [4.78, 5) is 71.7. The largest absolute Gasteiger partial charge is 0.477 e. The van der Waals surface area contributed by atoms with Crippen LogP contribution in [-0.2, 0) is 35.3 Å². The monoisotopic (exact) mass is 1150 g/mol. The van der Waals surface area contributed by atoms with Gasteiger partial charge in [-0.1, -0.05) is 100 Å². The number of nitrogens with zero attached hydrogens (tertiary/aromatic N) is 4. The van der Waals surface area contributed by atoms with Crippen molar-refractivity contribution in [3.8, 4) is 43.7 Å². The Morgan fingerprint density at radius 3 is 1.46 bits per heavy atom. The molecule has 83 heavy (non-hydrogen) atoms. The highest BCUT2D eigenvalue weighted by molar-refractivity contribution is 7.13. The summed E-state index contributed by atoms with van der Waals surface area (Å²) in [6, 6.07) is 32.0. The molecule has 0 atom stereocenters. The lowest BCUT2D eigenvalue weighted by Gasteiger charge is -2.18. The first-order valence-electron chi connectivity index (χ1n) is 29.0. The number of fused-ring (bicyclic) bond motifs is 4. The van der Waals surface area contributed by atoms with Crippen LogP contribution in [0, 0.1) is 0 Å². The lowest BCUT2D eigenvalue weighted by Crippen LogP contribution is -2.35. The third-order valence-electron chi connectivity index (χ3n) is 15.9. The Labute approximate surface area is 493 Å². The molecule has 12 rings (SSSR count). The quantitative estimate of drug-likeness (QED) is 0.0428. The first kappa shape index (κ1) is 58.1. The standard InChI is InChI=1S/C33H35N5O2S.C27H21N3O3S.C6H16N2/c1-3-38(4-2)17-16-34-32(40)30-24-13-9-8-12-23(24)28(35-30)19-26-25-18-22(14-15-27(25)36-31(26)39)29-20-41-33(37-29)21-10-6-5-7-11-21;31-25-20(13-22-17-8-4-5-9-18(17)24(28-22)27(32)33)19-12-16(10-11-21(19)29-25)23-14-34-26(30-23)15-6-2-1-3-7-15;1-3-8(4-2)6-5-7/h5-7,10-11,14-15,18-20,35H,3-4,8-9,12-13,16-17H2,1-2H3,(H,34,40)(H,36,39);1-3,6-7,10-14,28H,4-5,8-9H2,(H,29,31)(H,32,33);3-7H2,1-2H3/b26-19-;20-13-;. The number of amides is 3. The minimum absolute atomic E-state index is 0.0729. The van der Waals surface area contributed by atoms with Crippen LogP contribution in [0.3, 0.4) is 0 Å². The molecule has 2 aliphatic carbocycles. The van der Waals surface area contributed by atoms with Gasteiger partial charge in [0.05, 0.1) is 22.5 Å². The predicted molar refractivity (Wildman–Crippen MR) is 338 cm³/mol. The van der Waals surface area contributed by atoms with E-state index in [0.717, 1.165) is 197 Å². The van der Waals surface area contributed by atoms with E-state index in [2.05, 4.69) is 80.9 Å². The molecule has 0 saturated carbocycles. The number of carboxylic acid groups (broad SMARTS) is 1. The molecule has 0 unspecified atom stereocenters. The number of carboxylic acids is 1. The molecule has 0 fully saturated rings. The number of aromatic amines is 2. The summed E-state index contributed by atoms with van der Waals surface area (Å²) < 4.78 is 0. The number of carbonyl (C=O) groups excluding carboxylic acids is 3. The predicted octanol–water partition coefficient (Wildman–Crippen LogP) is 12.4. The van der Waals surface area contributed by atoms with Gasteiger partial charge in [-0.15, -0.1) is 22.7 Å². The summed E-state index contributed by atoms with van der Waals surface area (Å²) in [5, 5.41) is 24.7. The van der Waals surface area contributed by atoms with Gasteiger partial charge in [-0.2, -0.15) is 0 Å². The van der Waals surface area contributed by atoms with Crippen molar-refractivity contribution in [2.24, 2.45) is 5.73 Å². The highest BCUT2D eigenvalue weighted by Crippen LogP contribution is 2.41. The molecule has 0 saturated heterocycles. The Hall–Kier alpha value is -8.06. The van der Waals surface area contributed by atoms with Crippen molar-refractivity contribution in [2.45, 2.75) is 79.1 Å². The van der Waals surface area contributed by atoms with E-state index in [0.29, 0.717) is 23.4 Å². The minimum atomic E-state index is -0.959. The number of nitrogens with one attached hydrogen (secondary N) is 5. The number of anilines is 2. The summed E-state index contributed by atoms with van der Waals surface area (Å²) in [7, 11) is 0. The molecule has 0 spiro atoms. The number of carbonyl (C=O) groups is 4. The van der Waals surface area contributed by atoms with Crippen LogP contribution in [0.4, 0.5) is 11.4 Å². The van der Waals surface area contributed by atoms with Gasteiger partial charge in [0.25, 0.3) is 17.7 Å². The Morgan fingerprint density at radius 1 is 0.590 bits per heavy atom. The number of aromatic nitrogens is 4. The second-order valence-electron chi connectivity index (χ2n) is 20.9. The molecule has 0 radical (unpaired) electrons. The molecule has 6 heterocycles. The van der Waals surface area contributed by atoms with Crippen molar-refractivity contribution in [1.29, 1.82) is 0 Å². The number of hydrogen-bond acceptors (Lipinski definition) is 11. The molecule has 8 N–H and O–H groups in total. The Bertz CT molecular complexity index is 3700. The molecule has 4 aromatic carbocycles. The van der Waals surface area contributed by atoms with E-state index in [4.69, 9.17) is 15.7 Å². The van der Waals surface area contributed by atoms with Crippen LogP contribution >= 0.6 is 22.7 Å².